The fraction of sp³-hybridized carbons (Fsp3) is 0.286. The Bertz CT molecular complexity index is 867. The summed E-state index contributed by atoms with van der Waals surface area (Å²) in [5, 5.41) is 8.93. The Morgan fingerprint density at radius 1 is 1.11 bits per heavy atom. The monoisotopic (exact) mass is 369 g/mol. The molecule has 0 aliphatic heterocycles. The van der Waals surface area contributed by atoms with Gasteiger partial charge in [0, 0.05) is 12.4 Å². The quantitative estimate of drug-likeness (QED) is 0.574. The Morgan fingerprint density at radius 2 is 1.93 bits per heavy atom. The number of carbonyl (C=O) groups is 1. The summed E-state index contributed by atoms with van der Waals surface area (Å²) < 4.78 is 19.1. The van der Waals surface area contributed by atoms with E-state index < -0.39 is 5.97 Å². The predicted octanol–water partition coefficient (Wildman–Crippen LogP) is 4.39. The number of carboxylic acid groups (broad SMARTS) is 1. The van der Waals surface area contributed by atoms with Crippen molar-refractivity contribution in [2.75, 3.05) is 6.61 Å². The molecule has 0 spiro atoms. The minimum absolute atomic E-state index is 0.102. The lowest BCUT2D eigenvalue weighted by Crippen LogP contribution is -2.08. The maximum atomic E-state index is 10.9. The highest BCUT2D eigenvalue weighted by Crippen LogP contribution is 2.30. The summed E-state index contributed by atoms with van der Waals surface area (Å²) >= 11 is 0. The first-order valence-corrected chi connectivity index (χ1v) is 8.97. The molecule has 0 radical (unpaired) electrons. The summed E-state index contributed by atoms with van der Waals surface area (Å²) in [5.74, 6) is 0.534. The zero-order valence-corrected chi connectivity index (χ0v) is 15.3. The molecule has 0 amide bonds. The number of aromatic carboxylic acids is 1. The number of benzene rings is 1. The van der Waals surface area contributed by atoms with Gasteiger partial charge in [-0.25, -0.2) is 4.79 Å². The van der Waals surface area contributed by atoms with Crippen molar-refractivity contribution in [3.05, 3.63) is 71.9 Å². The lowest BCUT2D eigenvalue weighted by Gasteiger charge is -2.14. The molecule has 0 saturated heterocycles. The number of hydrogen-bond donors (Lipinski definition) is 1. The average molecular weight is 369 g/mol. The van der Waals surface area contributed by atoms with Crippen LogP contribution in [0.5, 0.6) is 11.5 Å². The minimum Gasteiger partial charge on any atom is -0.488 e. The summed E-state index contributed by atoms with van der Waals surface area (Å²) in [6.45, 7) is 3.53. The largest absolute Gasteiger partial charge is 0.488 e. The van der Waals surface area contributed by atoms with E-state index in [4.69, 9.17) is 19.0 Å². The van der Waals surface area contributed by atoms with Gasteiger partial charge in [-0.3, -0.25) is 0 Å². The Labute approximate surface area is 157 Å². The zero-order valence-electron chi connectivity index (χ0n) is 15.3. The maximum absolute atomic E-state index is 10.9. The van der Waals surface area contributed by atoms with E-state index >= 15 is 0 Å². The van der Waals surface area contributed by atoms with E-state index in [1.807, 2.05) is 47.3 Å². The number of hydrogen-bond acceptors (Lipinski definition) is 4. The van der Waals surface area contributed by atoms with Crippen molar-refractivity contribution in [1.82, 2.24) is 4.57 Å². The molecule has 27 heavy (non-hydrogen) atoms. The molecule has 0 unspecified atom stereocenters. The van der Waals surface area contributed by atoms with E-state index in [9.17, 15) is 4.79 Å². The van der Waals surface area contributed by atoms with E-state index in [0.29, 0.717) is 23.9 Å². The first kappa shape index (κ1) is 18.6. The average Bonchev–Trinajstić information content (AvgIpc) is 3.33. The fourth-order valence-corrected chi connectivity index (χ4v) is 2.73. The molecule has 0 aliphatic rings. The van der Waals surface area contributed by atoms with Gasteiger partial charge < -0.3 is 23.6 Å². The predicted molar refractivity (Wildman–Crippen MR) is 100 cm³/mol. The van der Waals surface area contributed by atoms with Crippen molar-refractivity contribution in [3.63, 3.8) is 0 Å². The van der Waals surface area contributed by atoms with Gasteiger partial charge in [0.25, 0.3) is 0 Å². The molecule has 0 atom stereocenters. The van der Waals surface area contributed by atoms with E-state index in [-0.39, 0.29) is 12.4 Å². The molecular weight excluding hydrogens is 346 g/mol. The van der Waals surface area contributed by atoms with Gasteiger partial charge >= 0.3 is 5.97 Å². The van der Waals surface area contributed by atoms with Gasteiger partial charge in [-0.05, 0) is 48.4 Å². The molecule has 1 aromatic carbocycles. The Balaban J connectivity index is 1.66. The van der Waals surface area contributed by atoms with Crippen molar-refractivity contribution in [2.45, 2.75) is 32.9 Å². The van der Waals surface area contributed by atoms with E-state index in [0.717, 1.165) is 19.4 Å². The standard InChI is InChI=1S/C21H23NO5/c1-2-5-16-6-8-18(26-15-17-7-9-19(27-17)21(23)24)20(14-16)25-13-12-22-10-3-4-11-22/h3-4,6-11,14H,2,5,12-13,15H2,1H3,(H,23,24). The highest BCUT2D eigenvalue weighted by molar-refractivity contribution is 5.84. The van der Waals surface area contributed by atoms with Gasteiger partial charge in [0.1, 0.15) is 19.0 Å². The van der Waals surface area contributed by atoms with Crippen LogP contribution in [0.2, 0.25) is 0 Å². The minimum atomic E-state index is -1.10. The first-order valence-electron chi connectivity index (χ1n) is 8.97. The van der Waals surface area contributed by atoms with Gasteiger partial charge in [0.2, 0.25) is 5.76 Å². The molecule has 142 valence electrons. The van der Waals surface area contributed by atoms with Crippen LogP contribution in [0.1, 0.15) is 35.2 Å². The first-order chi connectivity index (χ1) is 13.2. The SMILES string of the molecule is CCCc1ccc(OCc2ccc(C(=O)O)o2)c(OCCn2cccc2)c1. The molecule has 6 heteroatoms. The molecule has 2 aromatic heterocycles. The second-order valence-electron chi connectivity index (χ2n) is 6.16. The molecule has 3 aromatic rings. The smallest absolute Gasteiger partial charge is 0.371 e. The van der Waals surface area contributed by atoms with Gasteiger partial charge in [0.15, 0.2) is 11.5 Å². The number of ether oxygens (including phenoxy) is 2. The van der Waals surface area contributed by atoms with Crippen molar-refractivity contribution in [3.8, 4) is 11.5 Å². The van der Waals surface area contributed by atoms with Crippen LogP contribution in [0.15, 0.2) is 59.3 Å². The molecule has 1 N–H and O–H groups in total. The van der Waals surface area contributed by atoms with Crippen LogP contribution >= 0.6 is 0 Å². The molecule has 2 heterocycles. The summed E-state index contributed by atoms with van der Waals surface area (Å²) in [6, 6.07) is 12.9. The van der Waals surface area contributed by atoms with Crippen molar-refractivity contribution in [1.29, 1.82) is 0 Å². The Kier molecular flexibility index (Phi) is 6.20. The van der Waals surface area contributed by atoms with Crippen LogP contribution in [0, 0.1) is 0 Å². The number of rotatable bonds is 10. The highest BCUT2D eigenvalue weighted by atomic mass is 16.5. The third kappa shape index (κ3) is 5.17. The lowest BCUT2D eigenvalue weighted by atomic mass is 10.1. The molecular formula is C21H23NO5. The van der Waals surface area contributed by atoms with Gasteiger partial charge in [-0.2, -0.15) is 0 Å². The Hall–Kier alpha value is -3.15. The van der Waals surface area contributed by atoms with Gasteiger partial charge in [0.05, 0.1) is 6.54 Å². The van der Waals surface area contributed by atoms with Crippen molar-refractivity contribution < 1.29 is 23.8 Å². The second-order valence-corrected chi connectivity index (χ2v) is 6.16. The fourth-order valence-electron chi connectivity index (χ4n) is 2.73. The molecule has 0 fully saturated rings. The third-order valence-corrected chi connectivity index (χ3v) is 4.06. The zero-order chi connectivity index (χ0) is 19.1. The van der Waals surface area contributed by atoms with E-state index in [1.165, 1.54) is 11.6 Å². The van der Waals surface area contributed by atoms with Crippen molar-refractivity contribution >= 4 is 5.97 Å². The van der Waals surface area contributed by atoms with E-state index in [1.54, 1.807) is 6.07 Å². The summed E-state index contributed by atoms with van der Waals surface area (Å²) in [6.07, 6.45) is 6.00. The van der Waals surface area contributed by atoms with Crippen LogP contribution in [0.4, 0.5) is 0 Å². The van der Waals surface area contributed by atoms with Crippen LogP contribution in [-0.2, 0) is 19.6 Å². The van der Waals surface area contributed by atoms with Crippen molar-refractivity contribution in [2.24, 2.45) is 0 Å². The van der Waals surface area contributed by atoms with Crippen LogP contribution < -0.4 is 9.47 Å². The number of furan rings is 1. The summed E-state index contributed by atoms with van der Waals surface area (Å²) in [7, 11) is 0. The highest BCUT2D eigenvalue weighted by Gasteiger charge is 2.11. The molecule has 0 saturated carbocycles. The topological polar surface area (TPSA) is 73.8 Å². The normalized spacial score (nSPS) is 10.7. The number of aryl methyl sites for hydroxylation is 1. The number of nitrogens with zero attached hydrogens (tertiary/aromatic N) is 1. The van der Waals surface area contributed by atoms with Crippen LogP contribution in [0.3, 0.4) is 0 Å². The number of carboxylic acids is 1. The molecule has 6 nitrogen and oxygen atoms in total. The van der Waals surface area contributed by atoms with E-state index in [2.05, 4.69) is 6.92 Å². The van der Waals surface area contributed by atoms with Gasteiger partial charge in [-0.1, -0.05) is 19.4 Å². The lowest BCUT2D eigenvalue weighted by molar-refractivity contribution is 0.0658. The summed E-state index contributed by atoms with van der Waals surface area (Å²) in [5.41, 5.74) is 1.19. The van der Waals surface area contributed by atoms with Crippen LogP contribution in [0.25, 0.3) is 0 Å². The Morgan fingerprint density at radius 3 is 2.63 bits per heavy atom. The number of aromatic nitrogens is 1. The molecule has 0 aliphatic carbocycles. The van der Waals surface area contributed by atoms with Crippen LogP contribution in [-0.4, -0.2) is 22.2 Å². The van der Waals surface area contributed by atoms with Gasteiger partial charge in [-0.15, -0.1) is 0 Å². The molecule has 3 rings (SSSR count). The third-order valence-electron chi connectivity index (χ3n) is 4.06. The summed E-state index contributed by atoms with van der Waals surface area (Å²) in [4.78, 5) is 10.9. The second kappa shape index (κ2) is 8.98. The molecule has 0 bridgehead atoms. The maximum Gasteiger partial charge on any atom is 0.371 e.